The lowest BCUT2D eigenvalue weighted by Crippen LogP contribution is -2.18. The van der Waals surface area contributed by atoms with Crippen molar-refractivity contribution in [2.24, 2.45) is 0 Å². The second kappa shape index (κ2) is 5.99. The molecule has 1 aliphatic rings. The van der Waals surface area contributed by atoms with Crippen LogP contribution < -0.4 is 10.6 Å². The number of nitrogens with zero attached hydrogens (tertiary/aromatic N) is 2. The second-order valence-corrected chi connectivity index (χ2v) is 6.01. The number of halogens is 1. The average molecular weight is 349 g/mol. The predicted octanol–water partition coefficient (Wildman–Crippen LogP) is 2.25. The number of carbonyl (C=O) groups is 1. The Bertz CT molecular complexity index is 663. The minimum atomic E-state index is -0.182. The number of hydrogen-bond donors (Lipinski definition) is 2. The van der Waals surface area contributed by atoms with Gasteiger partial charge in [-0.25, -0.2) is 4.68 Å². The van der Waals surface area contributed by atoms with Gasteiger partial charge in [0.15, 0.2) is 5.69 Å². The summed E-state index contributed by atoms with van der Waals surface area (Å²) in [7, 11) is 1.60. The Hall–Kier alpha value is -1.66. The Balaban J connectivity index is 1.77. The van der Waals surface area contributed by atoms with Gasteiger partial charge in [-0.05, 0) is 36.6 Å². The number of aromatic nitrogens is 2. The van der Waals surface area contributed by atoms with Crippen molar-refractivity contribution in [1.29, 1.82) is 0 Å². The summed E-state index contributed by atoms with van der Waals surface area (Å²) in [5.41, 5.74) is 2.56. The van der Waals surface area contributed by atoms with Crippen LogP contribution in [0.15, 0.2) is 34.9 Å². The van der Waals surface area contributed by atoms with Crippen molar-refractivity contribution in [2.45, 2.75) is 25.4 Å². The van der Waals surface area contributed by atoms with Crippen LogP contribution in [0.5, 0.6) is 0 Å². The van der Waals surface area contributed by atoms with Gasteiger partial charge in [-0.1, -0.05) is 22.0 Å². The predicted molar refractivity (Wildman–Crippen MR) is 84.5 cm³/mol. The van der Waals surface area contributed by atoms with E-state index in [0.717, 1.165) is 16.7 Å². The number of amides is 1. The first-order chi connectivity index (χ1) is 10.2. The highest BCUT2D eigenvalue weighted by atomic mass is 79.9. The monoisotopic (exact) mass is 348 g/mol. The molecule has 6 heteroatoms. The molecule has 5 nitrogen and oxygen atoms in total. The fourth-order valence-electron chi connectivity index (χ4n) is 2.08. The molecule has 0 spiro atoms. The van der Waals surface area contributed by atoms with Crippen LogP contribution in [-0.2, 0) is 6.54 Å². The Labute approximate surface area is 131 Å². The molecule has 0 bridgehead atoms. The third-order valence-corrected chi connectivity index (χ3v) is 4.25. The zero-order valence-electron chi connectivity index (χ0n) is 11.8. The maximum atomic E-state index is 11.5. The fourth-order valence-corrected chi connectivity index (χ4v) is 2.59. The average Bonchev–Trinajstić information content (AvgIpc) is 3.19. The Kier molecular flexibility index (Phi) is 4.07. The lowest BCUT2D eigenvalue weighted by molar-refractivity contribution is 0.0957. The Morgan fingerprint density at radius 2 is 2.24 bits per heavy atom. The van der Waals surface area contributed by atoms with Crippen LogP contribution in [0.4, 0.5) is 0 Å². The molecule has 1 aromatic heterocycles. The van der Waals surface area contributed by atoms with Gasteiger partial charge in [0.2, 0.25) is 0 Å². The van der Waals surface area contributed by atoms with Crippen molar-refractivity contribution in [3.8, 4) is 5.69 Å². The summed E-state index contributed by atoms with van der Waals surface area (Å²) < 4.78 is 2.75. The summed E-state index contributed by atoms with van der Waals surface area (Å²) >= 11 is 3.60. The van der Waals surface area contributed by atoms with Gasteiger partial charge < -0.3 is 10.6 Å². The number of benzene rings is 1. The van der Waals surface area contributed by atoms with Crippen molar-refractivity contribution >= 4 is 21.8 Å². The third-order valence-electron chi connectivity index (χ3n) is 3.51. The molecular weight excluding hydrogens is 332 g/mol. The molecule has 2 N–H and O–H groups in total. The largest absolute Gasteiger partial charge is 0.354 e. The van der Waals surface area contributed by atoms with Crippen LogP contribution in [-0.4, -0.2) is 28.8 Å². The second-order valence-electron chi connectivity index (χ2n) is 5.16. The van der Waals surface area contributed by atoms with Crippen LogP contribution in [0.2, 0.25) is 0 Å². The van der Waals surface area contributed by atoms with Crippen molar-refractivity contribution in [3.63, 3.8) is 0 Å². The van der Waals surface area contributed by atoms with E-state index in [0.29, 0.717) is 11.7 Å². The summed E-state index contributed by atoms with van der Waals surface area (Å²) in [5, 5.41) is 10.3. The summed E-state index contributed by atoms with van der Waals surface area (Å²) in [6, 6.07) is 8.50. The molecule has 2 aromatic rings. The van der Waals surface area contributed by atoms with Crippen molar-refractivity contribution in [2.75, 3.05) is 7.05 Å². The highest BCUT2D eigenvalue weighted by Gasteiger charge is 2.20. The zero-order valence-corrected chi connectivity index (χ0v) is 13.4. The smallest absolute Gasteiger partial charge is 0.271 e. The first-order valence-electron chi connectivity index (χ1n) is 6.97. The molecule has 0 atom stereocenters. The molecule has 1 aliphatic carbocycles. The van der Waals surface area contributed by atoms with E-state index in [1.807, 2.05) is 12.1 Å². The van der Waals surface area contributed by atoms with Crippen molar-refractivity contribution in [3.05, 3.63) is 46.2 Å². The number of carbonyl (C=O) groups excluding carboxylic acids is 1. The van der Waals surface area contributed by atoms with Gasteiger partial charge in [-0.15, -0.1) is 0 Å². The molecule has 0 radical (unpaired) electrons. The normalized spacial score (nSPS) is 14.2. The zero-order chi connectivity index (χ0) is 14.8. The van der Waals surface area contributed by atoms with Gasteiger partial charge >= 0.3 is 0 Å². The number of nitrogens with one attached hydrogen (secondary N) is 2. The van der Waals surface area contributed by atoms with Crippen LogP contribution >= 0.6 is 15.9 Å². The quantitative estimate of drug-likeness (QED) is 0.871. The van der Waals surface area contributed by atoms with Gasteiger partial charge in [0.25, 0.3) is 5.91 Å². The minimum absolute atomic E-state index is 0.182. The molecule has 21 heavy (non-hydrogen) atoms. The van der Waals surface area contributed by atoms with Crippen LogP contribution in [0.25, 0.3) is 5.69 Å². The molecule has 1 heterocycles. The third kappa shape index (κ3) is 3.33. The fraction of sp³-hybridized carbons (Fsp3) is 0.333. The lowest BCUT2D eigenvalue weighted by atomic mass is 10.2. The van der Waals surface area contributed by atoms with E-state index in [4.69, 9.17) is 0 Å². The molecule has 1 amide bonds. The highest BCUT2D eigenvalue weighted by Crippen LogP contribution is 2.23. The van der Waals surface area contributed by atoms with Crippen LogP contribution in [0.1, 0.15) is 28.9 Å². The summed E-state index contributed by atoms with van der Waals surface area (Å²) in [6.45, 7) is 0.869. The maximum absolute atomic E-state index is 11.5. The lowest BCUT2D eigenvalue weighted by Gasteiger charge is -2.08. The standard InChI is InChI=1S/C15H17BrN4O/c1-17-15(21)14-6-7-20(19-14)12-5-2-10(13(16)8-12)9-18-11-3-4-11/h2,5-8,11,18H,3-4,9H2,1H3,(H,17,21). The summed E-state index contributed by atoms with van der Waals surface area (Å²) in [4.78, 5) is 11.5. The van der Waals surface area contributed by atoms with Gasteiger partial charge in [0.1, 0.15) is 0 Å². The first kappa shape index (κ1) is 14.3. The van der Waals surface area contributed by atoms with E-state index < -0.39 is 0 Å². The molecular formula is C15H17BrN4O. The van der Waals surface area contributed by atoms with E-state index >= 15 is 0 Å². The molecule has 0 aliphatic heterocycles. The van der Waals surface area contributed by atoms with E-state index in [2.05, 4.69) is 37.7 Å². The first-order valence-corrected chi connectivity index (χ1v) is 7.76. The van der Waals surface area contributed by atoms with Crippen LogP contribution in [0.3, 0.4) is 0 Å². The Morgan fingerprint density at radius 1 is 1.43 bits per heavy atom. The van der Waals surface area contributed by atoms with E-state index in [1.54, 1.807) is 24.0 Å². The van der Waals surface area contributed by atoms with Crippen LogP contribution in [0, 0.1) is 0 Å². The van der Waals surface area contributed by atoms with Crippen molar-refractivity contribution in [1.82, 2.24) is 20.4 Å². The highest BCUT2D eigenvalue weighted by molar-refractivity contribution is 9.10. The SMILES string of the molecule is CNC(=O)c1ccn(-c2ccc(CNC3CC3)c(Br)c2)n1. The van der Waals surface area contributed by atoms with Gasteiger partial charge in [0.05, 0.1) is 5.69 Å². The van der Waals surface area contributed by atoms with Gasteiger partial charge in [-0.2, -0.15) is 5.10 Å². The molecule has 1 saturated carbocycles. The number of hydrogen-bond acceptors (Lipinski definition) is 3. The van der Waals surface area contributed by atoms with Gasteiger partial charge in [0, 0.05) is 30.3 Å². The topological polar surface area (TPSA) is 59.0 Å². The summed E-state index contributed by atoms with van der Waals surface area (Å²) in [5.74, 6) is -0.182. The summed E-state index contributed by atoms with van der Waals surface area (Å²) in [6.07, 6.45) is 4.35. The van der Waals surface area contributed by atoms with E-state index in [-0.39, 0.29) is 5.91 Å². The van der Waals surface area contributed by atoms with Crippen molar-refractivity contribution < 1.29 is 4.79 Å². The molecule has 1 fully saturated rings. The minimum Gasteiger partial charge on any atom is -0.354 e. The molecule has 0 saturated heterocycles. The molecule has 110 valence electrons. The van der Waals surface area contributed by atoms with E-state index in [1.165, 1.54) is 18.4 Å². The molecule has 3 rings (SSSR count). The van der Waals surface area contributed by atoms with Gasteiger partial charge in [-0.3, -0.25) is 4.79 Å². The maximum Gasteiger partial charge on any atom is 0.271 e. The molecule has 0 unspecified atom stereocenters. The molecule has 1 aromatic carbocycles. The number of rotatable bonds is 5. The Morgan fingerprint density at radius 3 is 2.90 bits per heavy atom. The van der Waals surface area contributed by atoms with E-state index in [9.17, 15) is 4.79 Å².